The number of carbonyl (C=O) groups is 1. The van der Waals surface area contributed by atoms with Crippen molar-refractivity contribution < 1.29 is 4.79 Å². The Bertz CT molecular complexity index is 1240. The maximum atomic E-state index is 12.9. The number of fused-ring (bicyclic) bond motifs is 2. The number of aliphatic imine (C=N–C) groups is 1. The minimum atomic E-state index is -0.100. The van der Waals surface area contributed by atoms with Gasteiger partial charge in [0.15, 0.2) is 0 Å². The van der Waals surface area contributed by atoms with Gasteiger partial charge in [-0.2, -0.15) is 0 Å². The number of hydrogen-bond acceptors (Lipinski definition) is 2. The first-order chi connectivity index (χ1) is 13.7. The lowest BCUT2D eigenvalue weighted by molar-refractivity contribution is 0.102. The molecule has 0 saturated heterocycles. The summed E-state index contributed by atoms with van der Waals surface area (Å²) >= 11 is 0. The molecule has 0 bridgehead atoms. The molecule has 1 aliphatic rings. The molecule has 0 aliphatic carbocycles. The molecule has 4 heteroatoms. The van der Waals surface area contributed by atoms with Crippen LogP contribution in [0.25, 0.3) is 10.9 Å². The maximum Gasteiger partial charge on any atom is 0.255 e. The third-order valence-corrected chi connectivity index (χ3v) is 5.22. The van der Waals surface area contributed by atoms with E-state index in [9.17, 15) is 4.79 Å². The monoisotopic (exact) mass is 365 g/mol. The molecule has 1 amide bonds. The Kier molecular flexibility index (Phi) is 3.83. The van der Waals surface area contributed by atoms with Crippen LogP contribution in [0, 0.1) is 6.92 Å². The topological polar surface area (TPSA) is 57.2 Å². The van der Waals surface area contributed by atoms with Crippen molar-refractivity contribution in [3.05, 3.63) is 101 Å². The first-order valence-corrected chi connectivity index (χ1v) is 9.31. The third-order valence-electron chi connectivity index (χ3n) is 5.22. The summed E-state index contributed by atoms with van der Waals surface area (Å²) in [6.45, 7) is 2.63. The second kappa shape index (κ2) is 6.50. The van der Waals surface area contributed by atoms with E-state index in [0.717, 1.165) is 39.0 Å². The van der Waals surface area contributed by atoms with E-state index in [4.69, 9.17) is 4.99 Å². The number of benzene rings is 3. The lowest BCUT2D eigenvalue weighted by Crippen LogP contribution is -2.14. The molecule has 3 aromatic carbocycles. The van der Waals surface area contributed by atoms with Crippen molar-refractivity contribution in [3.8, 4) is 0 Å². The summed E-state index contributed by atoms with van der Waals surface area (Å²) in [6, 6.07) is 22.1. The van der Waals surface area contributed by atoms with Crippen LogP contribution in [0.5, 0.6) is 0 Å². The molecule has 0 spiro atoms. The number of nitrogens with one attached hydrogen (secondary N) is 2. The van der Waals surface area contributed by atoms with E-state index >= 15 is 0 Å². The van der Waals surface area contributed by atoms with Crippen LogP contribution in [0.3, 0.4) is 0 Å². The number of aryl methyl sites for hydroxylation is 1. The second-order valence-electron chi connectivity index (χ2n) is 7.09. The van der Waals surface area contributed by atoms with Gasteiger partial charge in [-0.15, -0.1) is 0 Å². The summed E-state index contributed by atoms with van der Waals surface area (Å²) in [5, 5.41) is 4.08. The molecule has 4 aromatic rings. The van der Waals surface area contributed by atoms with Crippen LogP contribution in [0.4, 0.5) is 5.69 Å². The van der Waals surface area contributed by atoms with E-state index in [2.05, 4.69) is 22.4 Å². The molecule has 2 N–H and O–H groups in total. The van der Waals surface area contributed by atoms with E-state index in [-0.39, 0.29) is 5.91 Å². The van der Waals surface area contributed by atoms with Gasteiger partial charge in [-0.25, -0.2) is 0 Å². The summed E-state index contributed by atoms with van der Waals surface area (Å²) < 4.78 is 0. The summed E-state index contributed by atoms with van der Waals surface area (Å²) in [5.41, 5.74) is 7.79. The Morgan fingerprint density at radius 1 is 1.04 bits per heavy atom. The van der Waals surface area contributed by atoms with Crippen LogP contribution in [-0.2, 0) is 6.54 Å². The minimum Gasteiger partial charge on any atom is -0.361 e. The molecule has 0 atom stereocenters. The normalized spacial score (nSPS) is 12.7. The fourth-order valence-electron chi connectivity index (χ4n) is 3.76. The molecule has 0 saturated carbocycles. The van der Waals surface area contributed by atoms with Crippen molar-refractivity contribution >= 4 is 28.2 Å². The van der Waals surface area contributed by atoms with Crippen molar-refractivity contribution in [2.45, 2.75) is 13.5 Å². The van der Waals surface area contributed by atoms with Gasteiger partial charge in [0.2, 0.25) is 0 Å². The highest BCUT2D eigenvalue weighted by Gasteiger charge is 2.19. The zero-order valence-electron chi connectivity index (χ0n) is 15.5. The van der Waals surface area contributed by atoms with Crippen molar-refractivity contribution in [2.75, 3.05) is 5.32 Å². The van der Waals surface area contributed by atoms with Gasteiger partial charge in [-0.1, -0.05) is 36.4 Å². The van der Waals surface area contributed by atoms with E-state index in [1.165, 1.54) is 5.56 Å². The number of H-pyrrole nitrogens is 1. The van der Waals surface area contributed by atoms with Crippen LogP contribution >= 0.6 is 0 Å². The van der Waals surface area contributed by atoms with Gasteiger partial charge in [-0.3, -0.25) is 9.79 Å². The number of anilines is 1. The molecule has 2 heterocycles. The van der Waals surface area contributed by atoms with Crippen LogP contribution in [0.2, 0.25) is 0 Å². The van der Waals surface area contributed by atoms with Gasteiger partial charge in [0.25, 0.3) is 5.91 Å². The summed E-state index contributed by atoms with van der Waals surface area (Å²) in [7, 11) is 0. The van der Waals surface area contributed by atoms with Crippen molar-refractivity contribution in [3.63, 3.8) is 0 Å². The number of amides is 1. The average Bonchev–Trinajstić information content (AvgIpc) is 3.34. The molecule has 1 aromatic heterocycles. The number of aromatic amines is 1. The Morgan fingerprint density at radius 3 is 2.75 bits per heavy atom. The van der Waals surface area contributed by atoms with E-state index < -0.39 is 0 Å². The summed E-state index contributed by atoms with van der Waals surface area (Å²) in [6.07, 6.45) is 1.89. The Morgan fingerprint density at radius 2 is 1.89 bits per heavy atom. The van der Waals surface area contributed by atoms with Crippen LogP contribution in [0.15, 0.2) is 77.9 Å². The first-order valence-electron chi connectivity index (χ1n) is 9.31. The molecule has 0 fully saturated rings. The first kappa shape index (κ1) is 16.5. The van der Waals surface area contributed by atoms with E-state index in [0.29, 0.717) is 12.1 Å². The smallest absolute Gasteiger partial charge is 0.255 e. The molecular weight excluding hydrogens is 346 g/mol. The standard InChI is InChI=1S/C24H19N3O/c1-15-11-22-17(9-10-25-22)12-20(15)24(28)27-19-8-7-18-14-26-23(21(18)13-19)16-5-3-2-4-6-16/h2-13,25H,14H2,1H3,(H,27,28). The number of nitrogens with zero attached hydrogens (tertiary/aromatic N) is 1. The highest BCUT2D eigenvalue weighted by Crippen LogP contribution is 2.27. The van der Waals surface area contributed by atoms with Gasteiger partial charge >= 0.3 is 0 Å². The van der Waals surface area contributed by atoms with E-state index in [1.807, 2.05) is 67.7 Å². The minimum absolute atomic E-state index is 0.100. The zero-order valence-corrected chi connectivity index (χ0v) is 15.5. The van der Waals surface area contributed by atoms with Gasteiger partial charge in [-0.05, 0) is 48.4 Å². The lowest BCUT2D eigenvalue weighted by Gasteiger charge is -2.11. The number of carbonyl (C=O) groups excluding carboxylic acids is 1. The van der Waals surface area contributed by atoms with Crippen LogP contribution in [0.1, 0.15) is 32.6 Å². The Labute approximate surface area is 162 Å². The molecule has 5 rings (SSSR count). The molecule has 0 radical (unpaired) electrons. The van der Waals surface area contributed by atoms with Crippen molar-refractivity contribution in [2.24, 2.45) is 4.99 Å². The summed E-state index contributed by atoms with van der Waals surface area (Å²) in [5.74, 6) is -0.100. The van der Waals surface area contributed by atoms with Crippen LogP contribution in [-0.4, -0.2) is 16.6 Å². The Balaban J connectivity index is 1.46. The van der Waals surface area contributed by atoms with Gasteiger partial charge in [0, 0.05) is 39.5 Å². The number of hydrogen-bond donors (Lipinski definition) is 2. The molecule has 1 aliphatic heterocycles. The highest BCUT2D eigenvalue weighted by atomic mass is 16.1. The lowest BCUT2D eigenvalue weighted by atomic mass is 9.99. The number of aromatic nitrogens is 1. The molecule has 136 valence electrons. The molecule has 28 heavy (non-hydrogen) atoms. The average molecular weight is 365 g/mol. The van der Waals surface area contributed by atoms with Gasteiger partial charge < -0.3 is 10.3 Å². The predicted octanol–water partition coefficient (Wildman–Crippen LogP) is 5.08. The predicted molar refractivity (Wildman–Crippen MR) is 113 cm³/mol. The Hall–Kier alpha value is -3.66. The molecular formula is C24H19N3O. The van der Waals surface area contributed by atoms with Gasteiger partial charge in [0.1, 0.15) is 0 Å². The largest absolute Gasteiger partial charge is 0.361 e. The van der Waals surface area contributed by atoms with Crippen molar-refractivity contribution in [1.29, 1.82) is 0 Å². The van der Waals surface area contributed by atoms with Gasteiger partial charge in [0.05, 0.1) is 12.3 Å². The quantitative estimate of drug-likeness (QED) is 0.523. The fourth-order valence-corrected chi connectivity index (χ4v) is 3.76. The maximum absolute atomic E-state index is 12.9. The fraction of sp³-hybridized carbons (Fsp3) is 0.0833. The zero-order chi connectivity index (χ0) is 19.1. The third kappa shape index (κ3) is 2.79. The van der Waals surface area contributed by atoms with Crippen molar-refractivity contribution in [1.82, 2.24) is 4.98 Å². The SMILES string of the molecule is Cc1cc2[nH]ccc2cc1C(=O)Nc1ccc2c(c1)C(c1ccccc1)=NC2. The van der Waals surface area contributed by atoms with Crippen LogP contribution < -0.4 is 5.32 Å². The highest BCUT2D eigenvalue weighted by molar-refractivity contribution is 6.16. The summed E-state index contributed by atoms with van der Waals surface area (Å²) in [4.78, 5) is 20.8. The number of rotatable bonds is 3. The molecule has 0 unspecified atom stereocenters. The second-order valence-corrected chi connectivity index (χ2v) is 7.09. The van der Waals surface area contributed by atoms with E-state index in [1.54, 1.807) is 0 Å². The molecule has 4 nitrogen and oxygen atoms in total.